The lowest BCUT2D eigenvalue weighted by Gasteiger charge is -2.10. The Hall–Kier alpha value is -1.74. The molecule has 0 saturated carbocycles. The molecule has 0 aliphatic rings. The van der Waals surface area contributed by atoms with Gasteiger partial charge in [0.2, 0.25) is 0 Å². The molecule has 0 unspecified atom stereocenters. The van der Waals surface area contributed by atoms with Crippen molar-refractivity contribution in [1.29, 1.82) is 5.26 Å². The third kappa shape index (κ3) is 3.88. The number of nitrogens with zero attached hydrogens (tertiary/aromatic N) is 1. The first-order valence-electron chi connectivity index (χ1n) is 5.86. The molecule has 0 aliphatic carbocycles. The van der Waals surface area contributed by atoms with Crippen molar-refractivity contribution in [2.45, 2.75) is 11.3 Å². The van der Waals surface area contributed by atoms with E-state index >= 15 is 0 Å². The van der Waals surface area contributed by atoms with Crippen molar-refractivity contribution in [2.24, 2.45) is 0 Å². The van der Waals surface area contributed by atoms with Crippen molar-refractivity contribution in [1.82, 2.24) is 0 Å². The van der Waals surface area contributed by atoms with Gasteiger partial charge in [-0.2, -0.15) is 5.26 Å². The van der Waals surface area contributed by atoms with Crippen LogP contribution in [-0.2, 0) is 16.4 Å². The first-order chi connectivity index (χ1) is 9.92. The standard InChI is InChI=1S/C14H10Cl2N2O2S/c15-11-3-6-13(16)14(9-11)21(19,20)18-12-4-1-10(2-5-12)7-8-17/h1-6,9,18H,7H2. The van der Waals surface area contributed by atoms with Crippen molar-refractivity contribution in [2.75, 3.05) is 4.72 Å². The minimum atomic E-state index is -3.82. The number of anilines is 1. The summed E-state index contributed by atoms with van der Waals surface area (Å²) in [4.78, 5) is -0.0854. The molecule has 2 rings (SSSR count). The first kappa shape index (κ1) is 15.6. The van der Waals surface area contributed by atoms with Crippen LogP contribution >= 0.6 is 23.2 Å². The number of rotatable bonds is 4. The number of sulfonamides is 1. The van der Waals surface area contributed by atoms with E-state index < -0.39 is 10.0 Å². The maximum absolute atomic E-state index is 12.3. The van der Waals surface area contributed by atoms with Gasteiger partial charge in [0.1, 0.15) is 4.90 Å². The second-order valence-corrected chi connectivity index (χ2v) is 6.71. The number of hydrogen-bond donors (Lipinski definition) is 1. The monoisotopic (exact) mass is 340 g/mol. The summed E-state index contributed by atoms with van der Waals surface area (Å²) < 4.78 is 27.0. The molecule has 21 heavy (non-hydrogen) atoms. The van der Waals surface area contributed by atoms with Crippen LogP contribution in [0, 0.1) is 11.3 Å². The van der Waals surface area contributed by atoms with Crippen LogP contribution in [0.5, 0.6) is 0 Å². The van der Waals surface area contributed by atoms with Crippen LogP contribution in [0.25, 0.3) is 0 Å². The molecule has 0 spiro atoms. The van der Waals surface area contributed by atoms with E-state index in [1.54, 1.807) is 24.3 Å². The molecule has 0 saturated heterocycles. The van der Waals surface area contributed by atoms with Gasteiger partial charge < -0.3 is 0 Å². The maximum atomic E-state index is 12.3. The van der Waals surface area contributed by atoms with Gasteiger partial charge in [-0.1, -0.05) is 35.3 Å². The molecule has 0 radical (unpaired) electrons. The van der Waals surface area contributed by atoms with Crippen LogP contribution < -0.4 is 4.72 Å². The number of nitriles is 1. The molecule has 0 atom stereocenters. The zero-order valence-corrected chi connectivity index (χ0v) is 13.0. The lowest BCUT2D eigenvalue weighted by Crippen LogP contribution is -2.13. The summed E-state index contributed by atoms with van der Waals surface area (Å²) in [6.45, 7) is 0. The van der Waals surface area contributed by atoms with Crippen molar-refractivity contribution < 1.29 is 8.42 Å². The molecule has 1 N–H and O–H groups in total. The van der Waals surface area contributed by atoms with Gasteiger partial charge in [-0.25, -0.2) is 8.42 Å². The second-order valence-electron chi connectivity index (χ2n) is 4.21. The average molecular weight is 341 g/mol. The fraction of sp³-hybridized carbons (Fsp3) is 0.0714. The Bertz CT molecular complexity index is 797. The number of hydrogen-bond acceptors (Lipinski definition) is 3. The van der Waals surface area contributed by atoms with E-state index in [0.717, 1.165) is 5.56 Å². The number of benzene rings is 2. The Morgan fingerprint density at radius 1 is 1.10 bits per heavy atom. The molecule has 4 nitrogen and oxygen atoms in total. The van der Waals surface area contributed by atoms with Gasteiger partial charge in [0.05, 0.1) is 17.5 Å². The van der Waals surface area contributed by atoms with Gasteiger partial charge in [-0.15, -0.1) is 0 Å². The third-order valence-corrected chi connectivity index (χ3v) is 4.77. The minimum Gasteiger partial charge on any atom is -0.280 e. The second kappa shape index (κ2) is 6.35. The highest BCUT2D eigenvalue weighted by atomic mass is 35.5. The highest BCUT2D eigenvalue weighted by Gasteiger charge is 2.18. The molecule has 0 amide bonds. The van der Waals surface area contributed by atoms with E-state index in [2.05, 4.69) is 4.72 Å². The summed E-state index contributed by atoms with van der Waals surface area (Å²) >= 11 is 11.7. The van der Waals surface area contributed by atoms with E-state index in [-0.39, 0.29) is 21.4 Å². The van der Waals surface area contributed by atoms with Crippen molar-refractivity contribution in [3.8, 4) is 6.07 Å². The Kier molecular flexibility index (Phi) is 4.73. The summed E-state index contributed by atoms with van der Waals surface area (Å²) in [5.74, 6) is 0. The summed E-state index contributed by atoms with van der Waals surface area (Å²) in [5, 5.41) is 8.96. The van der Waals surface area contributed by atoms with E-state index in [9.17, 15) is 8.42 Å². The summed E-state index contributed by atoms with van der Waals surface area (Å²) in [6.07, 6.45) is 0.271. The van der Waals surface area contributed by atoms with Crippen LogP contribution in [0.15, 0.2) is 47.4 Å². The van der Waals surface area contributed by atoms with Gasteiger partial charge in [-0.3, -0.25) is 4.72 Å². The van der Waals surface area contributed by atoms with Crippen LogP contribution in [0.2, 0.25) is 10.0 Å². The Morgan fingerprint density at radius 3 is 2.38 bits per heavy atom. The number of halogens is 2. The maximum Gasteiger partial charge on any atom is 0.263 e. The lowest BCUT2D eigenvalue weighted by atomic mass is 10.1. The molecule has 7 heteroatoms. The van der Waals surface area contributed by atoms with Crippen molar-refractivity contribution in [3.63, 3.8) is 0 Å². The van der Waals surface area contributed by atoms with Crippen LogP contribution in [0.4, 0.5) is 5.69 Å². The molecular weight excluding hydrogens is 331 g/mol. The molecule has 2 aromatic carbocycles. The predicted octanol–water partition coefficient (Wildman–Crippen LogP) is 3.86. The molecule has 108 valence electrons. The fourth-order valence-corrected chi connectivity index (χ4v) is 3.50. The van der Waals surface area contributed by atoms with Crippen LogP contribution in [0.1, 0.15) is 5.56 Å². The van der Waals surface area contributed by atoms with Gasteiger partial charge in [0.15, 0.2) is 0 Å². The predicted molar refractivity (Wildman–Crippen MR) is 83.0 cm³/mol. The molecular formula is C14H10Cl2N2O2S. The third-order valence-electron chi connectivity index (χ3n) is 2.67. The van der Waals surface area contributed by atoms with Gasteiger partial charge in [0.25, 0.3) is 10.0 Å². The zero-order valence-electron chi connectivity index (χ0n) is 10.7. The Balaban J connectivity index is 2.29. The molecule has 0 aromatic heterocycles. The molecule has 0 heterocycles. The molecule has 0 bridgehead atoms. The minimum absolute atomic E-state index is 0.0854. The van der Waals surface area contributed by atoms with Gasteiger partial charge in [0, 0.05) is 10.7 Å². The van der Waals surface area contributed by atoms with Gasteiger partial charge >= 0.3 is 0 Å². The Labute approximate surface area is 133 Å². The molecule has 0 aliphatic heterocycles. The summed E-state index contributed by atoms with van der Waals surface area (Å²) in [5.41, 5.74) is 1.19. The fourth-order valence-electron chi connectivity index (χ4n) is 1.68. The van der Waals surface area contributed by atoms with Crippen LogP contribution in [0.3, 0.4) is 0 Å². The highest BCUT2D eigenvalue weighted by Crippen LogP contribution is 2.26. The van der Waals surface area contributed by atoms with E-state index in [1.807, 2.05) is 6.07 Å². The molecule has 0 fully saturated rings. The lowest BCUT2D eigenvalue weighted by molar-refractivity contribution is 0.601. The topological polar surface area (TPSA) is 70.0 Å². The Morgan fingerprint density at radius 2 is 1.76 bits per heavy atom. The summed E-state index contributed by atoms with van der Waals surface area (Å²) in [7, 11) is -3.82. The SMILES string of the molecule is N#CCc1ccc(NS(=O)(=O)c2cc(Cl)ccc2Cl)cc1. The average Bonchev–Trinajstić information content (AvgIpc) is 2.43. The molecule has 2 aromatic rings. The quantitative estimate of drug-likeness (QED) is 0.918. The zero-order chi connectivity index (χ0) is 15.5. The number of nitrogens with one attached hydrogen (secondary N) is 1. The van der Waals surface area contributed by atoms with Crippen molar-refractivity contribution >= 4 is 38.9 Å². The van der Waals surface area contributed by atoms with Crippen molar-refractivity contribution in [3.05, 3.63) is 58.1 Å². The summed E-state index contributed by atoms with van der Waals surface area (Å²) in [6, 6.07) is 12.8. The highest BCUT2D eigenvalue weighted by molar-refractivity contribution is 7.92. The normalized spacial score (nSPS) is 10.9. The smallest absolute Gasteiger partial charge is 0.263 e. The largest absolute Gasteiger partial charge is 0.280 e. The van der Waals surface area contributed by atoms with Gasteiger partial charge in [-0.05, 0) is 35.9 Å². The first-order valence-corrected chi connectivity index (χ1v) is 8.10. The van der Waals surface area contributed by atoms with Crippen LogP contribution in [-0.4, -0.2) is 8.42 Å². The van der Waals surface area contributed by atoms with E-state index in [4.69, 9.17) is 28.5 Å². The van der Waals surface area contributed by atoms with E-state index in [0.29, 0.717) is 5.69 Å². The van der Waals surface area contributed by atoms with E-state index in [1.165, 1.54) is 18.2 Å².